The summed E-state index contributed by atoms with van der Waals surface area (Å²) in [7, 11) is 0. The van der Waals surface area contributed by atoms with E-state index in [1.807, 2.05) is 12.1 Å². The van der Waals surface area contributed by atoms with Crippen molar-refractivity contribution in [1.29, 1.82) is 0 Å². The molecule has 0 saturated heterocycles. The van der Waals surface area contributed by atoms with Crippen molar-refractivity contribution in [3.8, 4) is 0 Å². The molecule has 0 radical (unpaired) electrons. The molecule has 2 aromatic heterocycles. The normalized spacial score (nSPS) is 9.88. The largest absolute Gasteiger partial charge is 0.120 e. The molecule has 2 rings (SSSR count). The molecule has 88 valence electrons. The first-order chi connectivity index (χ1) is 7.40. The van der Waals surface area contributed by atoms with Crippen LogP contribution in [0.25, 0.3) is 0 Å². The molecule has 0 amide bonds. The summed E-state index contributed by atoms with van der Waals surface area (Å²) in [5, 5.41) is 0. The molecule has 0 aliphatic carbocycles. The van der Waals surface area contributed by atoms with Crippen LogP contribution >= 0.6 is 118 Å². The molecule has 0 spiro atoms. The second kappa shape index (κ2) is 7.77. The molecule has 0 aliphatic heterocycles. The van der Waals surface area contributed by atoms with Gasteiger partial charge in [0, 0.05) is 8.95 Å². The molecule has 8 heteroatoms. The fourth-order valence-corrected chi connectivity index (χ4v) is 7.52. The monoisotopic (exact) mass is 635 g/mol. The van der Waals surface area contributed by atoms with Gasteiger partial charge in [-0.2, -0.15) is 0 Å². The van der Waals surface area contributed by atoms with Gasteiger partial charge in [-0.25, -0.2) is 0 Å². The van der Waals surface area contributed by atoms with Crippen LogP contribution in [0, 0.1) is 0 Å². The third kappa shape index (κ3) is 5.50. The molecule has 16 heavy (non-hydrogen) atoms. The van der Waals surface area contributed by atoms with Crippen LogP contribution in [0.3, 0.4) is 0 Å². The topological polar surface area (TPSA) is 0 Å². The van der Waals surface area contributed by atoms with Crippen molar-refractivity contribution < 1.29 is 0 Å². The van der Waals surface area contributed by atoms with E-state index in [0.717, 1.165) is 24.1 Å². The zero-order chi connectivity index (χ0) is 12.3. The highest BCUT2D eigenvalue weighted by molar-refractivity contribution is 9.14. The first-order valence-electron chi connectivity index (χ1n) is 3.61. The Balaban J connectivity index is 0.000000160. The Bertz CT molecular complexity index is 392. The van der Waals surface area contributed by atoms with Crippen LogP contribution in [0.5, 0.6) is 0 Å². The minimum Gasteiger partial charge on any atom is -0.120 e. The first kappa shape index (κ1) is 16.3. The summed E-state index contributed by atoms with van der Waals surface area (Å²) in [5.41, 5.74) is 0. The highest BCUT2D eigenvalue weighted by atomic mass is 79.9. The van der Waals surface area contributed by atoms with Crippen LogP contribution in [0.1, 0.15) is 0 Å². The Kier molecular flexibility index (Phi) is 7.93. The maximum absolute atomic E-state index is 3.36. The van der Waals surface area contributed by atoms with E-state index in [2.05, 4.69) is 95.6 Å². The molecular weight excluding hydrogens is 640 g/mol. The third-order valence-corrected chi connectivity index (χ3v) is 8.75. The van der Waals surface area contributed by atoms with Crippen LogP contribution in [-0.4, -0.2) is 0 Å². The molecule has 0 nitrogen and oxygen atoms in total. The minimum atomic E-state index is 1.11. The lowest BCUT2D eigenvalue weighted by molar-refractivity contribution is 1.82. The van der Waals surface area contributed by atoms with Gasteiger partial charge < -0.3 is 0 Å². The van der Waals surface area contributed by atoms with Crippen LogP contribution < -0.4 is 0 Å². The van der Waals surface area contributed by atoms with Crippen LogP contribution in [0.2, 0.25) is 0 Å². The van der Waals surface area contributed by atoms with Gasteiger partial charge in [0.05, 0.1) is 15.1 Å². The van der Waals surface area contributed by atoms with Gasteiger partial charge in [-0.15, -0.1) is 22.7 Å². The lowest BCUT2D eigenvalue weighted by Gasteiger charge is -1.74. The molecule has 0 bridgehead atoms. The number of hydrogen-bond acceptors (Lipinski definition) is 2. The summed E-state index contributed by atoms with van der Waals surface area (Å²) < 4.78 is 6.74. The predicted molar refractivity (Wildman–Crippen MR) is 94.8 cm³/mol. The van der Waals surface area contributed by atoms with E-state index in [-0.39, 0.29) is 0 Å². The molecule has 0 atom stereocenters. The zero-order valence-corrected chi connectivity index (χ0v) is 18.4. The van der Waals surface area contributed by atoms with Gasteiger partial charge in [-0.3, -0.25) is 0 Å². The molecule has 0 N–H and O–H groups in total. The maximum Gasteiger partial charge on any atom is 0.0852 e. The van der Waals surface area contributed by atoms with E-state index in [1.165, 1.54) is 0 Å². The molecule has 0 unspecified atom stereocenters. The first-order valence-corrected chi connectivity index (χ1v) is 10.00. The van der Waals surface area contributed by atoms with Gasteiger partial charge in [-0.05, 0) is 108 Å². The average molecular weight is 642 g/mol. The van der Waals surface area contributed by atoms with Crippen molar-refractivity contribution >= 4 is 118 Å². The quantitative estimate of drug-likeness (QED) is 0.273. The van der Waals surface area contributed by atoms with Gasteiger partial charge in [-0.1, -0.05) is 0 Å². The lowest BCUT2D eigenvalue weighted by Crippen LogP contribution is -1.45. The van der Waals surface area contributed by atoms with Crippen molar-refractivity contribution in [2.24, 2.45) is 0 Å². The third-order valence-electron chi connectivity index (χ3n) is 1.23. The number of halogens is 6. The van der Waals surface area contributed by atoms with E-state index >= 15 is 0 Å². The molecule has 0 aliphatic rings. The Labute approximate surface area is 152 Å². The molecule has 0 fully saturated rings. The SMILES string of the molecule is Brc1cc(Br)c(Br)s1.Brc1cc(Br)c(Br)s1. The standard InChI is InChI=1S/2C4HBr3S/c2*5-2-1-3(6)8-4(2)7/h2*1H. The summed E-state index contributed by atoms with van der Waals surface area (Å²) in [6, 6.07) is 4.02. The predicted octanol–water partition coefficient (Wildman–Crippen LogP) is 8.07. The second-order valence-electron chi connectivity index (χ2n) is 2.34. The average Bonchev–Trinajstić information content (AvgIpc) is 2.58. The van der Waals surface area contributed by atoms with Crippen molar-refractivity contribution in [2.75, 3.05) is 0 Å². The summed E-state index contributed by atoms with van der Waals surface area (Å²) in [6.45, 7) is 0. The molecule has 0 saturated carbocycles. The Hall–Kier alpha value is 2.28. The summed E-state index contributed by atoms with van der Waals surface area (Å²) in [4.78, 5) is 0. The van der Waals surface area contributed by atoms with Gasteiger partial charge in [0.25, 0.3) is 0 Å². The summed E-state index contributed by atoms with van der Waals surface area (Å²) in [5.74, 6) is 0. The van der Waals surface area contributed by atoms with Crippen molar-refractivity contribution in [1.82, 2.24) is 0 Å². The molecular formula is C8H2Br6S2. The Morgan fingerprint density at radius 3 is 1.00 bits per heavy atom. The van der Waals surface area contributed by atoms with Crippen molar-refractivity contribution in [3.63, 3.8) is 0 Å². The van der Waals surface area contributed by atoms with E-state index in [4.69, 9.17) is 0 Å². The summed E-state index contributed by atoms with van der Waals surface area (Å²) in [6.07, 6.45) is 0. The van der Waals surface area contributed by atoms with Crippen LogP contribution in [0.15, 0.2) is 36.2 Å². The van der Waals surface area contributed by atoms with Gasteiger partial charge in [0.1, 0.15) is 0 Å². The fraction of sp³-hybridized carbons (Fsp3) is 0. The fourth-order valence-electron chi connectivity index (χ4n) is 0.640. The number of thiophene rings is 2. The minimum absolute atomic E-state index is 1.11. The Morgan fingerprint density at radius 2 is 0.938 bits per heavy atom. The van der Waals surface area contributed by atoms with Gasteiger partial charge in [0.15, 0.2) is 0 Å². The maximum atomic E-state index is 3.36. The second-order valence-corrected chi connectivity index (χ2v) is 11.6. The zero-order valence-electron chi connectivity index (χ0n) is 7.24. The molecule has 0 aromatic carbocycles. The number of hydrogen-bond donors (Lipinski definition) is 0. The van der Waals surface area contributed by atoms with E-state index in [1.54, 1.807) is 22.7 Å². The van der Waals surface area contributed by atoms with E-state index in [9.17, 15) is 0 Å². The van der Waals surface area contributed by atoms with Gasteiger partial charge >= 0.3 is 0 Å². The van der Waals surface area contributed by atoms with Gasteiger partial charge in [0.2, 0.25) is 0 Å². The number of rotatable bonds is 0. The van der Waals surface area contributed by atoms with Crippen LogP contribution in [-0.2, 0) is 0 Å². The summed E-state index contributed by atoms with van der Waals surface area (Å²) >= 11 is 23.4. The van der Waals surface area contributed by atoms with Crippen LogP contribution in [0.4, 0.5) is 0 Å². The lowest BCUT2D eigenvalue weighted by atomic mass is 10.7. The van der Waals surface area contributed by atoms with E-state index in [0.29, 0.717) is 0 Å². The molecule has 2 aromatic rings. The Morgan fingerprint density at radius 1 is 0.625 bits per heavy atom. The highest BCUT2D eigenvalue weighted by Gasteiger charge is 1.99. The van der Waals surface area contributed by atoms with E-state index < -0.39 is 0 Å². The molecule has 2 heterocycles. The van der Waals surface area contributed by atoms with Crippen molar-refractivity contribution in [3.05, 3.63) is 36.2 Å². The highest BCUT2D eigenvalue weighted by Crippen LogP contribution is 2.35. The van der Waals surface area contributed by atoms with Crippen molar-refractivity contribution in [2.45, 2.75) is 0 Å². The smallest absolute Gasteiger partial charge is 0.0852 e.